The van der Waals surface area contributed by atoms with E-state index in [2.05, 4.69) is 5.32 Å². The number of anilines is 1. The topological polar surface area (TPSA) is 47.6 Å². The van der Waals surface area contributed by atoms with E-state index >= 15 is 0 Å². The Kier molecular flexibility index (Phi) is 5.08. The van der Waals surface area contributed by atoms with Crippen molar-refractivity contribution in [2.75, 3.05) is 19.0 Å². The standard InChI is InChI=1S/C11H14ClNO3/c1-3-16-11(14)10(15-2)13-9-7-5-4-6-8(9)12/h4-7,10,13H,3H2,1-2H3. The Bertz CT molecular complexity index is 357. The smallest absolute Gasteiger partial charge is 0.356 e. The van der Waals surface area contributed by atoms with Crippen LogP contribution in [-0.2, 0) is 14.3 Å². The molecule has 1 unspecified atom stereocenters. The van der Waals surface area contributed by atoms with Crippen LogP contribution in [0.2, 0.25) is 5.02 Å². The fourth-order valence-electron chi connectivity index (χ4n) is 1.15. The lowest BCUT2D eigenvalue weighted by molar-refractivity contribution is -0.153. The van der Waals surface area contributed by atoms with Crippen molar-refractivity contribution in [2.45, 2.75) is 13.2 Å². The molecule has 0 amide bonds. The summed E-state index contributed by atoms with van der Waals surface area (Å²) in [5, 5.41) is 3.37. The number of ether oxygens (including phenoxy) is 2. The molecule has 16 heavy (non-hydrogen) atoms. The molecule has 0 spiro atoms. The third-order valence-electron chi connectivity index (χ3n) is 1.90. The maximum atomic E-state index is 11.4. The first-order valence-corrected chi connectivity index (χ1v) is 5.27. The number of benzene rings is 1. The van der Waals surface area contributed by atoms with Crippen LogP contribution in [-0.4, -0.2) is 25.9 Å². The summed E-state index contributed by atoms with van der Waals surface area (Å²) >= 11 is 5.94. The molecule has 0 aliphatic heterocycles. The van der Waals surface area contributed by atoms with Crippen molar-refractivity contribution in [3.8, 4) is 0 Å². The van der Waals surface area contributed by atoms with Gasteiger partial charge >= 0.3 is 5.97 Å². The molecule has 0 saturated heterocycles. The van der Waals surface area contributed by atoms with Crippen LogP contribution in [0.5, 0.6) is 0 Å². The Hall–Kier alpha value is -1.26. The second-order valence-corrected chi connectivity index (χ2v) is 3.40. The van der Waals surface area contributed by atoms with Crippen LogP contribution in [0.15, 0.2) is 24.3 Å². The summed E-state index contributed by atoms with van der Waals surface area (Å²) in [6, 6.07) is 7.10. The van der Waals surface area contributed by atoms with Crippen molar-refractivity contribution in [2.24, 2.45) is 0 Å². The van der Waals surface area contributed by atoms with Crippen LogP contribution in [0.1, 0.15) is 6.92 Å². The quantitative estimate of drug-likeness (QED) is 0.637. The molecule has 0 bridgehead atoms. The number of halogens is 1. The van der Waals surface area contributed by atoms with E-state index in [1.807, 2.05) is 6.07 Å². The zero-order valence-electron chi connectivity index (χ0n) is 9.20. The Balaban J connectivity index is 2.70. The van der Waals surface area contributed by atoms with Crippen LogP contribution < -0.4 is 5.32 Å². The van der Waals surface area contributed by atoms with Crippen LogP contribution in [0.3, 0.4) is 0 Å². The van der Waals surface area contributed by atoms with Gasteiger partial charge in [-0.15, -0.1) is 0 Å². The van der Waals surface area contributed by atoms with Crippen LogP contribution >= 0.6 is 11.6 Å². The zero-order valence-corrected chi connectivity index (χ0v) is 9.95. The van der Waals surface area contributed by atoms with Crippen LogP contribution in [0.25, 0.3) is 0 Å². The molecule has 1 N–H and O–H groups in total. The van der Waals surface area contributed by atoms with E-state index in [1.54, 1.807) is 25.1 Å². The molecule has 0 aliphatic rings. The predicted molar refractivity (Wildman–Crippen MR) is 62.5 cm³/mol. The third-order valence-corrected chi connectivity index (χ3v) is 2.23. The van der Waals surface area contributed by atoms with E-state index in [0.717, 1.165) is 0 Å². The van der Waals surface area contributed by atoms with E-state index in [9.17, 15) is 4.79 Å². The Morgan fingerprint density at radius 2 is 2.19 bits per heavy atom. The minimum atomic E-state index is -0.847. The lowest BCUT2D eigenvalue weighted by atomic mass is 10.3. The highest BCUT2D eigenvalue weighted by Gasteiger charge is 2.19. The van der Waals surface area contributed by atoms with Crippen LogP contribution in [0, 0.1) is 0 Å². The van der Waals surface area contributed by atoms with E-state index in [0.29, 0.717) is 17.3 Å². The highest BCUT2D eigenvalue weighted by atomic mass is 35.5. The summed E-state index contributed by atoms with van der Waals surface area (Å²) in [6.45, 7) is 2.04. The number of rotatable bonds is 5. The molecule has 0 saturated carbocycles. The maximum absolute atomic E-state index is 11.4. The number of para-hydroxylation sites is 1. The van der Waals surface area contributed by atoms with Gasteiger partial charge in [-0.1, -0.05) is 23.7 Å². The maximum Gasteiger partial charge on any atom is 0.356 e. The third kappa shape index (κ3) is 3.40. The molecule has 0 aromatic heterocycles. The highest BCUT2D eigenvalue weighted by molar-refractivity contribution is 6.33. The monoisotopic (exact) mass is 243 g/mol. The van der Waals surface area contributed by atoms with E-state index in [-0.39, 0.29) is 0 Å². The van der Waals surface area contributed by atoms with Crippen molar-refractivity contribution in [3.63, 3.8) is 0 Å². The number of carbonyl (C=O) groups excluding carboxylic acids is 1. The number of methoxy groups -OCH3 is 1. The summed E-state index contributed by atoms with van der Waals surface area (Å²) in [4.78, 5) is 11.4. The second kappa shape index (κ2) is 6.35. The van der Waals surface area contributed by atoms with Gasteiger partial charge in [0.25, 0.3) is 0 Å². The first kappa shape index (κ1) is 12.8. The first-order valence-electron chi connectivity index (χ1n) is 4.89. The number of nitrogens with one attached hydrogen (secondary N) is 1. The van der Waals surface area contributed by atoms with Gasteiger partial charge in [0.15, 0.2) is 0 Å². The molecule has 5 heteroatoms. The summed E-state index contributed by atoms with van der Waals surface area (Å²) in [7, 11) is 1.42. The molecule has 1 rings (SSSR count). The zero-order chi connectivity index (χ0) is 12.0. The van der Waals surface area contributed by atoms with Gasteiger partial charge in [-0.2, -0.15) is 0 Å². The predicted octanol–water partition coefficient (Wildman–Crippen LogP) is 2.29. The van der Waals surface area contributed by atoms with Gasteiger partial charge in [0.1, 0.15) is 0 Å². The average Bonchev–Trinajstić information content (AvgIpc) is 2.28. The Labute approximate surface area is 99.5 Å². The van der Waals surface area contributed by atoms with Gasteiger partial charge in [0.2, 0.25) is 6.23 Å². The first-order chi connectivity index (χ1) is 7.69. The summed E-state index contributed by atoms with van der Waals surface area (Å²) < 4.78 is 9.82. The average molecular weight is 244 g/mol. The minimum Gasteiger partial charge on any atom is -0.463 e. The molecule has 1 aromatic rings. The van der Waals surface area contributed by atoms with Crippen molar-refractivity contribution in [1.82, 2.24) is 0 Å². The number of carbonyl (C=O) groups is 1. The summed E-state index contributed by atoms with van der Waals surface area (Å²) in [5.74, 6) is -0.468. The van der Waals surface area contributed by atoms with Crippen LogP contribution in [0.4, 0.5) is 5.69 Å². The van der Waals surface area contributed by atoms with Crippen molar-refractivity contribution >= 4 is 23.3 Å². The minimum absolute atomic E-state index is 0.308. The normalized spacial score (nSPS) is 11.9. The van der Waals surface area contributed by atoms with Gasteiger partial charge in [-0.05, 0) is 19.1 Å². The molecule has 0 radical (unpaired) electrons. The SMILES string of the molecule is CCOC(=O)C(Nc1ccccc1Cl)OC. The molecule has 0 fully saturated rings. The van der Waals surface area contributed by atoms with Crippen molar-refractivity contribution < 1.29 is 14.3 Å². The fraction of sp³-hybridized carbons (Fsp3) is 0.364. The molecule has 88 valence electrons. The molecule has 4 nitrogen and oxygen atoms in total. The fourth-order valence-corrected chi connectivity index (χ4v) is 1.34. The lowest BCUT2D eigenvalue weighted by Crippen LogP contribution is -2.33. The van der Waals surface area contributed by atoms with Gasteiger partial charge in [0.05, 0.1) is 17.3 Å². The van der Waals surface area contributed by atoms with Gasteiger partial charge < -0.3 is 14.8 Å². The number of esters is 1. The number of hydrogen-bond acceptors (Lipinski definition) is 4. The molecule has 0 aliphatic carbocycles. The molecule has 0 heterocycles. The Morgan fingerprint density at radius 3 is 2.75 bits per heavy atom. The van der Waals surface area contributed by atoms with Gasteiger partial charge in [0, 0.05) is 7.11 Å². The molecular formula is C11H14ClNO3. The van der Waals surface area contributed by atoms with Crippen molar-refractivity contribution in [3.05, 3.63) is 29.3 Å². The summed E-state index contributed by atoms with van der Waals surface area (Å²) in [6.07, 6.45) is -0.847. The van der Waals surface area contributed by atoms with Gasteiger partial charge in [-0.25, -0.2) is 4.79 Å². The van der Waals surface area contributed by atoms with Gasteiger partial charge in [-0.3, -0.25) is 0 Å². The molecule has 1 atom stereocenters. The van der Waals surface area contributed by atoms with Crippen molar-refractivity contribution in [1.29, 1.82) is 0 Å². The lowest BCUT2D eigenvalue weighted by Gasteiger charge is -2.17. The summed E-state index contributed by atoms with van der Waals surface area (Å²) in [5.41, 5.74) is 0.629. The largest absolute Gasteiger partial charge is 0.463 e. The Morgan fingerprint density at radius 1 is 1.50 bits per heavy atom. The molecule has 1 aromatic carbocycles. The highest BCUT2D eigenvalue weighted by Crippen LogP contribution is 2.21. The number of hydrogen-bond donors (Lipinski definition) is 1. The second-order valence-electron chi connectivity index (χ2n) is 2.99. The van der Waals surface area contributed by atoms with E-state index < -0.39 is 12.2 Å². The van der Waals surface area contributed by atoms with E-state index in [4.69, 9.17) is 21.1 Å². The molecular weight excluding hydrogens is 230 g/mol. The van der Waals surface area contributed by atoms with E-state index in [1.165, 1.54) is 7.11 Å².